The number of aryl methyl sites for hydroxylation is 1. The van der Waals surface area contributed by atoms with Crippen molar-refractivity contribution in [2.45, 2.75) is 46.1 Å². The first-order valence-corrected chi connectivity index (χ1v) is 9.61. The summed E-state index contributed by atoms with van der Waals surface area (Å²) >= 11 is 1.53. The van der Waals surface area contributed by atoms with Gasteiger partial charge >= 0.3 is 0 Å². The molecule has 3 rings (SSSR count). The SMILES string of the molecule is Cc1ccc(C(=O)NCc2ccc(CN3CC(C)OC(C)C3)cc2)s1. The number of carbonyl (C=O) groups excluding carboxylic acids is 1. The van der Waals surface area contributed by atoms with Crippen LogP contribution in [0.3, 0.4) is 0 Å². The fraction of sp³-hybridized carbons (Fsp3) is 0.450. The number of nitrogens with zero attached hydrogens (tertiary/aromatic N) is 1. The van der Waals surface area contributed by atoms with Gasteiger partial charge in [0.2, 0.25) is 0 Å². The monoisotopic (exact) mass is 358 g/mol. The summed E-state index contributed by atoms with van der Waals surface area (Å²) in [5.74, 6) is -0.00142. The Balaban J connectivity index is 1.51. The van der Waals surface area contributed by atoms with Crippen LogP contribution in [0.5, 0.6) is 0 Å². The van der Waals surface area contributed by atoms with Crippen LogP contribution in [0.15, 0.2) is 36.4 Å². The quantitative estimate of drug-likeness (QED) is 0.888. The molecule has 2 unspecified atom stereocenters. The fourth-order valence-electron chi connectivity index (χ4n) is 3.26. The van der Waals surface area contributed by atoms with Gasteiger partial charge in [0.25, 0.3) is 5.91 Å². The predicted octanol–water partition coefficient (Wildman–Crippen LogP) is 3.60. The summed E-state index contributed by atoms with van der Waals surface area (Å²) in [6.07, 6.45) is 0.582. The Morgan fingerprint density at radius 2 is 1.76 bits per heavy atom. The molecule has 2 aromatic rings. The molecule has 25 heavy (non-hydrogen) atoms. The maximum Gasteiger partial charge on any atom is 0.261 e. The second-order valence-electron chi connectivity index (χ2n) is 6.86. The van der Waals surface area contributed by atoms with Gasteiger partial charge in [-0.25, -0.2) is 0 Å². The zero-order chi connectivity index (χ0) is 17.8. The molecule has 2 heterocycles. The average molecular weight is 359 g/mol. The minimum Gasteiger partial charge on any atom is -0.373 e. The highest BCUT2D eigenvalue weighted by atomic mass is 32.1. The van der Waals surface area contributed by atoms with E-state index < -0.39 is 0 Å². The molecule has 1 aliphatic heterocycles. The molecule has 4 nitrogen and oxygen atoms in total. The maximum absolute atomic E-state index is 12.1. The van der Waals surface area contributed by atoms with Crippen LogP contribution in [0.2, 0.25) is 0 Å². The normalized spacial score (nSPS) is 21.2. The van der Waals surface area contributed by atoms with Gasteiger partial charge in [-0.15, -0.1) is 11.3 Å². The van der Waals surface area contributed by atoms with Crippen LogP contribution in [0.1, 0.15) is 39.5 Å². The Morgan fingerprint density at radius 3 is 2.36 bits per heavy atom. The number of ether oxygens (including phenoxy) is 1. The molecule has 1 aromatic carbocycles. The summed E-state index contributed by atoms with van der Waals surface area (Å²) in [7, 11) is 0. The van der Waals surface area contributed by atoms with Crippen LogP contribution in [0, 0.1) is 6.92 Å². The smallest absolute Gasteiger partial charge is 0.261 e. The number of benzene rings is 1. The molecule has 1 fully saturated rings. The van der Waals surface area contributed by atoms with Gasteiger partial charge in [-0.1, -0.05) is 24.3 Å². The Morgan fingerprint density at radius 1 is 1.12 bits per heavy atom. The highest BCUT2D eigenvalue weighted by Gasteiger charge is 2.21. The van der Waals surface area contributed by atoms with E-state index in [0.29, 0.717) is 18.8 Å². The van der Waals surface area contributed by atoms with Crippen LogP contribution in [-0.4, -0.2) is 36.1 Å². The fourth-order valence-corrected chi connectivity index (χ4v) is 4.04. The number of morpholine rings is 1. The first kappa shape index (κ1) is 18.1. The van der Waals surface area contributed by atoms with Gasteiger partial charge in [0.15, 0.2) is 0 Å². The third-order valence-electron chi connectivity index (χ3n) is 4.34. The molecule has 1 amide bonds. The summed E-state index contributed by atoms with van der Waals surface area (Å²) in [6, 6.07) is 12.4. The van der Waals surface area contributed by atoms with E-state index in [2.05, 4.69) is 48.3 Å². The Hall–Kier alpha value is -1.69. The van der Waals surface area contributed by atoms with Crippen molar-refractivity contribution >= 4 is 17.2 Å². The highest BCUT2D eigenvalue weighted by Crippen LogP contribution is 2.16. The summed E-state index contributed by atoms with van der Waals surface area (Å²) < 4.78 is 5.78. The third kappa shape index (κ3) is 5.14. The van der Waals surface area contributed by atoms with Gasteiger partial charge in [0.1, 0.15) is 0 Å². The second-order valence-corrected chi connectivity index (χ2v) is 8.15. The molecule has 5 heteroatoms. The Bertz CT molecular complexity index is 701. The Labute approximate surface area is 153 Å². The van der Waals surface area contributed by atoms with E-state index in [0.717, 1.165) is 35.0 Å². The molecular formula is C20H26N2O2S. The molecule has 0 bridgehead atoms. The van der Waals surface area contributed by atoms with Crippen LogP contribution in [-0.2, 0) is 17.8 Å². The van der Waals surface area contributed by atoms with Crippen molar-refractivity contribution < 1.29 is 9.53 Å². The lowest BCUT2D eigenvalue weighted by molar-refractivity contribution is -0.0704. The predicted molar refractivity (Wildman–Crippen MR) is 102 cm³/mol. The highest BCUT2D eigenvalue weighted by molar-refractivity contribution is 7.13. The zero-order valence-corrected chi connectivity index (χ0v) is 15.9. The second kappa shape index (κ2) is 8.13. The van der Waals surface area contributed by atoms with E-state index in [4.69, 9.17) is 4.74 Å². The third-order valence-corrected chi connectivity index (χ3v) is 5.34. The van der Waals surface area contributed by atoms with E-state index in [1.165, 1.54) is 16.9 Å². The van der Waals surface area contributed by atoms with Crippen molar-refractivity contribution in [1.29, 1.82) is 0 Å². The summed E-state index contributed by atoms with van der Waals surface area (Å²) in [6.45, 7) is 9.72. The summed E-state index contributed by atoms with van der Waals surface area (Å²) in [5.41, 5.74) is 2.42. The van der Waals surface area contributed by atoms with Gasteiger partial charge in [-0.3, -0.25) is 9.69 Å². The van der Waals surface area contributed by atoms with Crippen molar-refractivity contribution in [3.8, 4) is 0 Å². The lowest BCUT2D eigenvalue weighted by Gasteiger charge is -2.35. The lowest BCUT2D eigenvalue weighted by atomic mass is 10.1. The number of hydrogen-bond acceptors (Lipinski definition) is 4. The topological polar surface area (TPSA) is 41.6 Å². The molecule has 0 spiro atoms. The number of nitrogens with one attached hydrogen (secondary N) is 1. The maximum atomic E-state index is 12.1. The van der Waals surface area contributed by atoms with Crippen molar-refractivity contribution in [1.82, 2.24) is 10.2 Å². The first-order valence-electron chi connectivity index (χ1n) is 8.80. The van der Waals surface area contributed by atoms with Crippen molar-refractivity contribution in [2.75, 3.05) is 13.1 Å². The molecule has 134 valence electrons. The number of rotatable bonds is 5. The minimum atomic E-state index is -0.00142. The molecule has 1 aromatic heterocycles. The molecule has 0 radical (unpaired) electrons. The van der Waals surface area contributed by atoms with Crippen LogP contribution >= 0.6 is 11.3 Å². The van der Waals surface area contributed by atoms with Gasteiger partial charge in [-0.2, -0.15) is 0 Å². The van der Waals surface area contributed by atoms with Gasteiger partial charge in [0.05, 0.1) is 17.1 Å². The standard InChI is InChI=1S/C20H26N2O2S/c1-14-11-22(12-15(2)24-14)13-18-7-5-17(6-8-18)10-21-20(23)19-9-4-16(3)25-19/h4-9,14-15H,10-13H2,1-3H3,(H,21,23). The molecule has 1 N–H and O–H groups in total. The van der Waals surface area contributed by atoms with Crippen LogP contribution in [0.4, 0.5) is 0 Å². The van der Waals surface area contributed by atoms with E-state index in [9.17, 15) is 4.79 Å². The van der Waals surface area contributed by atoms with Crippen LogP contribution in [0.25, 0.3) is 0 Å². The number of amides is 1. The molecule has 2 atom stereocenters. The zero-order valence-electron chi connectivity index (χ0n) is 15.1. The molecule has 1 aliphatic rings. The van der Waals surface area contributed by atoms with E-state index >= 15 is 0 Å². The van der Waals surface area contributed by atoms with E-state index in [-0.39, 0.29) is 5.91 Å². The summed E-state index contributed by atoms with van der Waals surface area (Å²) in [5, 5.41) is 2.99. The molecule has 0 saturated carbocycles. The minimum absolute atomic E-state index is 0.00142. The summed E-state index contributed by atoms with van der Waals surface area (Å²) in [4.78, 5) is 16.5. The number of hydrogen-bond donors (Lipinski definition) is 1. The van der Waals surface area contributed by atoms with Crippen molar-refractivity contribution in [3.63, 3.8) is 0 Å². The largest absolute Gasteiger partial charge is 0.373 e. The van der Waals surface area contributed by atoms with E-state index in [1.54, 1.807) is 0 Å². The molecular weight excluding hydrogens is 332 g/mol. The van der Waals surface area contributed by atoms with Crippen molar-refractivity contribution in [3.05, 3.63) is 57.3 Å². The molecule has 1 saturated heterocycles. The van der Waals surface area contributed by atoms with Gasteiger partial charge in [-0.05, 0) is 44.0 Å². The Kier molecular flexibility index (Phi) is 5.89. The van der Waals surface area contributed by atoms with Crippen LogP contribution < -0.4 is 5.32 Å². The first-order chi connectivity index (χ1) is 12.0. The van der Waals surface area contributed by atoms with Gasteiger partial charge < -0.3 is 10.1 Å². The number of thiophene rings is 1. The lowest BCUT2D eigenvalue weighted by Crippen LogP contribution is -2.44. The molecule has 0 aliphatic carbocycles. The van der Waals surface area contributed by atoms with Crippen molar-refractivity contribution in [2.24, 2.45) is 0 Å². The van der Waals surface area contributed by atoms with E-state index in [1.807, 2.05) is 19.1 Å². The van der Waals surface area contributed by atoms with Gasteiger partial charge in [0, 0.05) is 31.1 Å². The average Bonchev–Trinajstić information content (AvgIpc) is 2.99. The number of carbonyl (C=O) groups is 1.